The van der Waals surface area contributed by atoms with Gasteiger partial charge in [0.25, 0.3) is 0 Å². The molecule has 0 spiro atoms. The fraction of sp³-hybridized carbons (Fsp3) is 0.400. The lowest BCUT2D eigenvalue weighted by atomic mass is 10.1. The highest BCUT2D eigenvalue weighted by Gasteiger charge is 2.47. The molecule has 0 radical (unpaired) electrons. The molecule has 0 aromatic carbocycles. The van der Waals surface area contributed by atoms with Crippen LogP contribution in [-0.2, 0) is 9.53 Å². The molecule has 3 rings (SSSR count). The number of fused-ring (bicyclic) bond motifs is 1. The van der Waals surface area contributed by atoms with Crippen LogP contribution in [0.4, 0.5) is 5.82 Å². The lowest BCUT2D eigenvalue weighted by Gasteiger charge is -2.16. The number of aliphatic hydroxyl groups excluding tert-OH is 2. The van der Waals surface area contributed by atoms with Crippen molar-refractivity contribution in [3.05, 3.63) is 12.7 Å². The number of hydrogen-bond acceptors (Lipinski definition) is 8. The molecule has 2 aromatic rings. The average Bonchev–Trinajstić information content (AvgIpc) is 2.94. The summed E-state index contributed by atoms with van der Waals surface area (Å²) in [5.41, 5.74) is 6.21. The second-order valence-corrected chi connectivity index (χ2v) is 4.35. The third-order valence-corrected chi connectivity index (χ3v) is 3.14. The van der Waals surface area contributed by atoms with E-state index in [2.05, 4.69) is 15.0 Å². The minimum atomic E-state index is -1.55. The number of nitrogens with zero attached hydrogens (tertiary/aromatic N) is 4. The van der Waals surface area contributed by atoms with Gasteiger partial charge in [0.1, 0.15) is 24.1 Å². The van der Waals surface area contributed by atoms with E-state index in [1.54, 1.807) is 0 Å². The Hall–Kier alpha value is -2.30. The molecule has 106 valence electrons. The van der Waals surface area contributed by atoms with Crippen molar-refractivity contribution >= 4 is 23.0 Å². The number of carboxylic acid groups (broad SMARTS) is 1. The SMILES string of the molecule is Nc1ncnc2c1ncn2[C@@H]1O[C@@H](C(=O)O)[C@@H](O)[C@@H]1O. The van der Waals surface area contributed by atoms with E-state index in [4.69, 9.17) is 15.6 Å². The summed E-state index contributed by atoms with van der Waals surface area (Å²) in [6.07, 6.45) is -3.11. The highest BCUT2D eigenvalue weighted by Crippen LogP contribution is 2.31. The van der Waals surface area contributed by atoms with Gasteiger partial charge in [0.05, 0.1) is 6.33 Å². The van der Waals surface area contributed by atoms with Crippen molar-refractivity contribution in [1.82, 2.24) is 19.5 Å². The van der Waals surface area contributed by atoms with Crippen LogP contribution in [0.3, 0.4) is 0 Å². The summed E-state index contributed by atoms with van der Waals surface area (Å²) in [4.78, 5) is 22.6. The number of carboxylic acids is 1. The molecule has 0 bridgehead atoms. The Morgan fingerprint density at radius 1 is 1.30 bits per heavy atom. The number of aliphatic carboxylic acids is 1. The van der Waals surface area contributed by atoms with Gasteiger partial charge in [-0.25, -0.2) is 19.7 Å². The number of hydrogen-bond donors (Lipinski definition) is 4. The monoisotopic (exact) mass is 281 g/mol. The lowest BCUT2D eigenvalue weighted by Crippen LogP contribution is -2.35. The van der Waals surface area contributed by atoms with Crippen LogP contribution in [0.2, 0.25) is 0 Å². The van der Waals surface area contributed by atoms with Crippen molar-refractivity contribution in [1.29, 1.82) is 0 Å². The zero-order valence-corrected chi connectivity index (χ0v) is 9.99. The van der Waals surface area contributed by atoms with E-state index in [1.807, 2.05) is 0 Å². The predicted molar refractivity (Wildman–Crippen MR) is 63.3 cm³/mol. The number of aliphatic hydroxyl groups is 2. The van der Waals surface area contributed by atoms with Gasteiger partial charge < -0.3 is 25.8 Å². The smallest absolute Gasteiger partial charge is 0.335 e. The summed E-state index contributed by atoms with van der Waals surface area (Å²) >= 11 is 0. The summed E-state index contributed by atoms with van der Waals surface area (Å²) in [6, 6.07) is 0. The fourth-order valence-electron chi connectivity index (χ4n) is 2.15. The van der Waals surface area contributed by atoms with Gasteiger partial charge in [-0.2, -0.15) is 0 Å². The molecule has 5 N–H and O–H groups in total. The zero-order chi connectivity index (χ0) is 14.4. The number of aromatic nitrogens is 4. The first-order valence-corrected chi connectivity index (χ1v) is 5.68. The van der Waals surface area contributed by atoms with Crippen molar-refractivity contribution in [2.24, 2.45) is 0 Å². The van der Waals surface area contributed by atoms with Gasteiger partial charge in [-0.05, 0) is 0 Å². The Labute approximate surface area is 111 Å². The fourth-order valence-corrected chi connectivity index (χ4v) is 2.15. The van der Waals surface area contributed by atoms with Gasteiger partial charge in [0, 0.05) is 0 Å². The van der Waals surface area contributed by atoms with E-state index in [0.717, 1.165) is 0 Å². The minimum absolute atomic E-state index is 0.150. The quantitative estimate of drug-likeness (QED) is 0.494. The van der Waals surface area contributed by atoms with E-state index in [9.17, 15) is 15.0 Å². The molecule has 1 saturated heterocycles. The Kier molecular flexibility index (Phi) is 2.78. The number of carbonyl (C=O) groups is 1. The summed E-state index contributed by atoms with van der Waals surface area (Å²) < 4.78 is 6.47. The molecular formula is C10H11N5O5. The molecule has 0 aliphatic carbocycles. The standard InChI is InChI=1S/C10H11N5O5/c11-7-3-8(13-1-12-7)15(2-14-3)9-5(17)4(16)6(20-9)10(18)19/h1-2,4-6,9,16-17H,(H,18,19)(H2,11,12,13)/t4-,5-,6+,9+/m0/s1. The minimum Gasteiger partial charge on any atom is -0.479 e. The zero-order valence-electron chi connectivity index (χ0n) is 9.99. The molecule has 3 heterocycles. The van der Waals surface area contributed by atoms with Crippen LogP contribution < -0.4 is 5.73 Å². The summed E-state index contributed by atoms with van der Waals surface area (Å²) in [5, 5.41) is 28.5. The third kappa shape index (κ3) is 1.70. The highest BCUT2D eigenvalue weighted by atomic mass is 16.6. The molecule has 0 amide bonds. The average molecular weight is 281 g/mol. The summed E-state index contributed by atoms with van der Waals surface area (Å²) in [5.74, 6) is -1.21. The molecule has 10 heteroatoms. The molecule has 10 nitrogen and oxygen atoms in total. The predicted octanol–water partition coefficient (Wildman–Crippen LogP) is -1.89. The number of anilines is 1. The Bertz CT molecular complexity index is 673. The van der Waals surface area contributed by atoms with E-state index in [-0.39, 0.29) is 11.5 Å². The van der Waals surface area contributed by atoms with Crippen LogP contribution >= 0.6 is 0 Å². The number of nitrogen functional groups attached to an aromatic ring is 1. The van der Waals surface area contributed by atoms with Crippen LogP contribution in [0.25, 0.3) is 11.2 Å². The molecule has 20 heavy (non-hydrogen) atoms. The van der Waals surface area contributed by atoms with Crippen LogP contribution in [0, 0.1) is 0 Å². The number of imidazole rings is 1. The van der Waals surface area contributed by atoms with E-state index in [0.29, 0.717) is 5.52 Å². The maximum absolute atomic E-state index is 10.9. The van der Waals surface area contributed by atoms with Crippen LogP contribution in [0.1, 0.15) is 6.23 Å². The lowest BCUT2D eigenvalue weighted by molar-refractivity contribution is -0.155. The van der Waals surface area contributed by atoms with Gasteiger partial charge in [-0.3, -0.25) is 4.57 Å². The van der Waals surface area contributed by atoms with Crippen molar-refractivity contribution in [2.45, 2.75) is 24.5 Å². The van der Waals surface area contributed by atoms with Gasteiger partial charge in [-0.15, -0.1) is 0 Å². The largest absolute Gasteiger partial charge is 0.479 e. The molecular weight excluding hydrogens is 270 g/mol. The highest BCUT2D eigenvalue weighted by molar-refractivity contribution is 5.81. The molecule has 4 atom stereocenters. The van der Waals surface area contributed by atoms with Crippen LogP contribution in [-0.4, -0.2) is 59.1 Å². The van der Waals surface area contributed by atoms with Gasteiger partial charge in [-0.1, -0.05) is 0 Å². The molecule has 2 aromatic heterocycles. The second-order valence-electron chi connectivity index (χ2n) is 4.35. The first kappa shape index (κ1) is 12.7. The summed E-state index contributed by atoms with van der Waals surface area (Å²) in [6.45, 7) is 0. The van der Waals surface area contributed by atoms with Gasteiger partial charge >= 0.3 is 5.97 Å². The molecule has 1 aliphatic heterocycles. The van der Waals surface area contributed by atoms with Gasteiger partial charge in [0.2, 0.25) is 0 Å². The second kappa shape index (κ2) is 4.37. The first-order valence-electron chi connectivity index (χ1n) is 5.68. The maximum Gasteiger partial charge on any atom is 0.335 e. The number of rotatable bonds is 2. The Morgan fingerprint density at radius 3 is 2.70 bits per heavy atom. The van der Waals surface area contributed by atoms with Crippen molar-refractivity contribution in [3.8, 4) is 0 Å². The summed E-state index contributed by atoms with van der Waals surface area (Å²) in [7, 11) is 0. The first-order chi connectivity index (χ1) is 9.50. The number of ether oxygens (including phenoxy) is 1. The Balaban J connectivity index is 2.04. The molecule has 0 saturated carbocycles. The molecule has 1 fully saturated rings. The van der Waals surface area contributed by atoms with Crippen molar-refractivity contribution in [3.63, 3.8) is 0 Å². The van der Waals surface area contributed by atoms with E-state index >= 15 is 0 Å². The Morgan fingerprint density at radius 2 is 2.05 bits per heavy atom. The van der Waals surface area contributed by atoms with E-state index < -0.39 is 30.5 Å². The van der Waals surface area contributed by atoms with Gasteiger partial charge in [0.15, 0.2) is 23.8 Å². The van der Waals surface area contributed by atoms with Crippen LogP contribution in [0.5, 0.6) is 0 Å². The third-order valence-electron chi connectivity index (χ3n) is 3.14. The normalized spacial score (nSPS) is 29.9. The van der Waals surface area contributed by atoms with Crippen molar-refractivity contribution < 1.29 is 24.9 Å². The van der Waals surface area contributed by atoms with Crippen molar-refractivity contribution in [2.75, 3.05) is 5.73 Å². The molecule has 1 aliphatic rings. The molecule has 0 unspecified atom stereocenters. The topological polar surface area (TPSA) is 157 Å². The maximum atomic E-state index is 10.9. The number of nitrogens with two attached hydrogens (primary N) is 1. The van der Waals surface area contributed by atoms with Crippen LogP contribution in [0.15, 0.2) is 12.7 Å². The van der Waals surface area contributed by atoms with E-state index in [1.165, 1.54) is 17.2 Å².